The number of carbonyl (C=O) groups excluding carboxylic acids is 4. The van der Waals surface area contributed by atoms with Crippen molar-refractivity contribution in [3.05, 3.63) is 51.5 Å². The number of esters is 1. The van der Waals surface area contributed by atoms with Gasteiger partial charge >= 0.3 is 5.97 Å². The Labute approximate surface area is 167 Å². The van der Waals surface area contributed by atoms with E-state index in [0.717, 1.165) is 4.90 Å². The number of halogens is 1. The average Bonchev–Trinajstić information content (AvgIpc) is 3.24. The molecule has 0 radical (unpaired) electrons. The molecule has 3 amide bonds. The van der Waals surface area contributed by atoms with Gasteiger partial charge in [0.1, 0.15) is 12.6 Å². The number of hydrogen-bond donors (Lipinski definition) is 1. The fraction of sp³-hybridized carbons (Fsp3) is 0.278. The third-order valence-electron chi connectivity index (χ3n) is 4.92. The molecule has 2 aliphatic rings. The van der Waals surface area contributed by atoms with Crippen LogP contribution >= 0.6 is 15.9 Å². The summed E-state index contributed by atoms with van der Waals surface area (Å²) in [4.78, 5) is 59.6. The van der Waals surface area contributed by atoms with Crippen LogP contribution in [0.3, 0.4) is 0 Å². The topological polar surface area (TPSA) is 113 Å². The summed E-state index contributed by atoms with van der Waals surface area (Å²) in [6.45, 7) is -0.344. The lowest BCUT2D eigenvalue weighted by atomic mass is 10.0. The Morgan fingerprint density at radius 2 is 2.04 bits per heavy atom. The first kappa shape index (κ1) is 18.4. The maximum Gasteiger partial charge on any atom is 0.329 e. The van der Waals surface area contributed by atoms with Crippen LogP contribution < -0.4 is 0 Å². The summed E-state index contributed by atoms with van der Waals surface area (Å²) in [6, 6.07) is 3.89. The molecule has 10 heteroatoms. The summed E-state index contributed by atoms with van der Waals surface area (Å²) in [5, 5.41) is 0. The van der Waals surface area contributed by atoms with Crippen LogP contribution in [0.2, 0.25) is 0 Å². The molecule has 9 nitrogen and oxygen atoms in total. The molecule has 1 unspecified atom stereocenters. The first-order valence-electron chi connectivity index (χ1n) is 8.45. The smallest absolute Gasteiger partial charge is 0.329 e. The van der Waals surface area contributed by atoms with Gasteiger partial charge in [0.25, 0.3) is 11.8 Å². The van der Waals surface area contributed by atoms with E-state index in [1.54, 1.807) is 18.2 Å². The van der Waals surface area contributed by atoms with Gasteiger partial charge < -0.3 is 14.6 Å². The van der Waals surface area contributed by atoms with E-state index in [-0.39, 0.29) is 24.1 Å². The number of amides is 3. The summed E-state index contributed by atoms with van der Waals surface area (Å²) in [5.74, 6) is -2.17. The van der Waals surface area contributed by atoms with Gasteiger partial charge in [-0.25, -0.2) is 9.78 Å². The third-order valence-corrected chi connectivity index (χ3v) is 5.41. The maximum atomic E-state index is 13.0. The predicted octanol–water partition coefficient (Wildman–Crippen LogP) is 0.895. The highest BCUT2D eigenvalue weighted by atomic mass is 79.9. The van der Waals surface area contributed by atoms with Crippen molar-refractivity contribution in [1.82, 2.24) is 19.8 Å². The largest absolute Gasteiger partial charge is 0.467 e. The molecule has 1 atom stereocenters. The number of H-pyrrole nitrogens is 1. The molecular formula is C18H15BrN4O5. The molecule has 2 aromatic rings. The molecule has 1 aromatic heterocycles. The first-order valence-corrected chi connectivity index (χ1v) is 9.24. The zero-order valence-corrected chi connectivity index (χ0v) is 16.4. The fourth-order valence-corrected chi connectivity index (χ4v) is 3.84. The van der Waals surface area contributed by atoms with Crippen LogP contribution in [-0.2, 0) is 27.3 Å². The number of imidazole rings is 1. The Balaban J connectivity index is 1.58. The second-order valence-corrected chi connectivity index (χ2v) is 7.39. The monoisotopic (exact) mass is 446 g/mol. The Hall–Kier alpha value is -3.01. The molecule has 4 rings (SSSR count). The first-order chi connectivity index (χ1) is 13.4. The summed E-state index contributed by atoms with van der Waals surface area (Å²) < 4.78 is 5.48. The molecule has 1 N–H and O–H groups in total. The quantitative estimate of drug-likeness (QED) is 0.553. The van der Waals surface area contributed by atoms with E-state index < -0.39 is 36.3 Å². The van der Waals surface area contributed by atoms with Crippen LogP contribution in [0.25, 0.3) is 0 Å². The van der Waals surface area contributed by atoms with Gasteiger partial charge in [-0.3, -0.25) is 19.3 Å². The molecule has 0 aliphatic carbocycles. The molecule has 0 spiro atoms. The van der Waals surface area contributed by atoms with Crippen molar-refractivity contribution in [2.45, 2.75) is 19.0 Å². The van der Waals surface area contributed by atoms with Gasteiger partial charge in [0, 0.05) is 10.9 Å². The molecule has 0 saturated carbocycles. The van der Waals surface area contributed by atoms with Crippen LogP contribution in [0.4, 0.5) is 0 Å². The zero-order chi connectivity index (χ0) is 20.0. The molecule has 0 fully saturated rings. The number of nitrogens with zero attached hydrogens (tertiary/aromatic N) is 3. The second-order valence-electron chi connectivity index (χ2n) is 6.48. The molecule has 1 aromatic carbocycles. The minimum absolute atomic E-state index is 0.114. The van der Waals surface area contributed by atoms with E-state index in [1.165, 1.54) is 18.3 Å². The minimum Gasteiger partial charge on any atom is -0.467 e. The highest BCUT2D eigenvalue weighted by Gasteiger charge is 2.41. The highest BCUT2D eigenvalue weighted by molar-refractivity contribution is 9.10. The van der Waals surface area contributed by atoms with Crippen molar-refractivity contribution >= 4 is 39.6 Å². The summed E-state index contributed by atoms with van der Waals surface area (Å²) >= 11 is 3.27. The number of imide groups is 1. The Bertz CT molecular complexity index is 1020. The van der Waals surface area contributed by atoms with Gasteiger partial charge in [0.2, 0.25) is 5.91 Å². The number of nitrogens with one attached hydrogen (secondary N) is 1. The molecule has 144 valence electrons. The molecule has 0 bridgehead atoms. The standard InChI is InChI=1S/C18H15BrN4O5/c1-28-18(27)14-5-12-13(21-8-20-12)6-22(14)15(24)7-23-16(25)10-3-2-9(19)4-11(10)17(23)26/h2-4,8,14H,5-7H2,1H3,(H,20,21). The van der Waals surface area contributed by atoms with Crippen molar-refractivity contribution in [3.63, 3.8) is 0 Å². The second kappa shape index (κ2) is 6.86. The maximum absolute atomic E-state index is 13.0. The Morgan fingerprint density at radius 1 is 1.29 bits per heavy atom. The number of fused-ring (bicyclic) bond motifs is 2. The van der Waals surface area contributed by atoms with Crippen molar-refractivity contribution < 1.29 is 23.9 Å². The number of benzene rings is 1. The van der Waals surface area contributed by atoms with Crippen molar-refractivity contribution in [1.29, 1.82) is 0 Å². The van der Waals surface area contributed by atoms with Crippen LogP contribution in [-0.4, -0.2) is 63.2 Å². The van der Waals surface area contributed by atoms with Crippen molar-refractivity contribution in [2.75, 3.05) is 13.7 Å². The van der Waals surface area contributed by atoms with E-state index in [1.807, 2.05) is 0 Å². The van der Waals surface area contributed by atoms with Crippen LogP contribution in [0.1, 0.15) is 32.1 Å². The van der Waals surface area contributed by atoms with E-state index in [0.29, 0.717) is 15.9 Å². The Morgan fingerprint density at radius 3 is 2.79 bits per heavy atom. The van der Waals surface area contributed by atoms with E-state index >= 15 is 0 Å². The summed E-state index contributed by atoms with van der Waals surface area (Å²) in [5.41, 5.74) is 1.89. The van der Waals surface area contributed by atoms with Crippen LogP contribution in [0, 0.1) is 0 Å². The van der Waals surface area contributed by atoms with Crippen molar-refractivity contribution in [2.24, 2.45) is 0 Å². The lowest BCUT2D eigenvalue weighted by Gasteiger charge is -2.33. The normalized spacial score (nSPS) is 18.1. The molecule has 28 heavy (non-hydrogen) atoms. The number of aromatic nitrogens is 2. The van der Waals surface area contributed by atoms with Gasteiger partial charge in [-0.1, -0.05) is 15.9 Å². The van der Waals surface area contributed by atoms with Crippen LogP contribution in [0.5, 0.6) is 0 Å². The fourth-order valence-electron chi connectivity index (χ4n) is 3.48. The van der Waals surface area contributed by atoms with E-state index in [2.05, 4.69) is 25.9 Å². The molecular weight excluding hydrogens is 432 g/mol. The number of methoxy groups -OCH3 is 1. The zero-order valence-electron chi connectivity index (χ0n) is 14.8. The average molecular weight is 447 g/mol. The van der Waals surface area contributed by atoms with E-state index in [9.17, 15) is 19.2 Å². The number of carbonyl (C=O) groups is 4. The van der Waals surface area contributed by atoms with Gasteiger partial charge in [-0.15, -0.1) is 0 Å². The summed E-state index contributed by atoms with van der Waals surface area (Å²) in [7, 11) is 1.24. The minimum atomic E-state index is -0.863. The number of ether oxygens (including phenoxy) is 1. The Kier molecular flexibility index (Phi) is 4.50. The highest BCUT2D eigenvalue weighted by Crippen LogP contribution is 2.27. The number of aromatic amines is 1. The van der Waals surface area contributed by atoms with Gasteiger partial charge in [-0.2, -0.15) is 0 Å². The van der Waals surface area contributed by atoms with Crippen molar-refractivity contribution in [3.8, 4) is 0 Å². The lowest BCUT2D eigenvalue weighted by Crippen LogP contribution is -2.52. The van der Waals surface area contributed by atoms with Gasteiger partial charge in [-0.05, 0) is 18.2 Å². The molecule has 2 aliphatic heterocycles. The van der Waals surface area contributed by atoms with E-state index in [4.69, 9.17) is 4.74 Å². The number of rotatable bonds is 3. The number of hydrogen-bond acceptors (Lipinski definition) is 6. The molecule has 0 saturated heterocycles. The summed E-state index contributed by atoms with van der Waals surface area (Å²) in [6.07, 6.45) is 1.70. The SMILES string of the molecule is COC(=O)C1Cc2nc[nH]c2CN1C(=O)CN1C(=O)c2ccc(Br)cc2C1=O. The van der Waals surface area contributed by atoms with Crippen LogP contribution in [0.15, 0.2) is 29.0 Å². The predicted molar refractivity (Wildman–Crippen MR) is 98.2 cm³/mol. The van der Waals surface area contributed by atoms with Gasteiger partial charge in [0.15, 0.2) is 0 Å². The lowest BCUT2D eigenvalue weighted by molar-refractivity contribution is -0.154. The third kappa shape index (κ3) is 2.89. The van der Waals surface area contributed by atoms with Gasteiger partial charge in [0.05, 0.1) is 42.5 Å². The molecule has 3 heterocycles.